The first-order chi connectivity index (χ1) is 26.1. The molecule has 7 rings (SSSR count). The highest BCUT2D eigenvalue weighted by Crippen LogP contribution is 2.49. The maximum Gasteiger partial charge on any atom is 0.142 e. The van der Waals surface area contributed by atoms with Crippen LogP contribution in [0.25, 0.3) is 0 Å². The number of hydrogen-bond donors (Lipinski definition) is 0. The van der Waals surface area contributed by atoms with Gasteiger partial charge in [-0.15, -0.1) is 0 Å². The van der Waals surface area contributed by atoms with Gasteiger partial charge in [-0.05, 0) is 84.7 Å². The molecule has 0 spiro atoms. The van der Waals surface area contributed by atoms with Gasteiger partial charge < -0.3 is 14.2 Å². The first-order valence-corrected chi connectivity index (χ1v) is 21.0. The Morgan fingerprint density at radius 2 is 1.09 bits per heavy atom. The van der Waals surface area contributed by atoms with Gasteiger partial charge in [0.25, 0.3) is 0 Å². The van der Waals surface area contributed by atoms with Crippen molar-refractivity contribution in [2.45, 2.75) is 111 Å². The Balaban J connectivity index is 1.23. The van der Waals surface area contributed by atoms with Gasteiger partial charge >= 0.3 is 0 Å². The SMILES string of the molecule is CCCCN1COc2ccc(C(C)(C)c3ccc(C(C)(C4=CC=C5OCN(CCCC)CC5C4C)c4ccc5c(c4)CN(CCCC)CO5)cc3)cc2C1. The summed E-state index contributed by atoms with van der Waals surface area (Å²) in [6.07, 6.45) is 11.8. The molecule has 4 aliphatic rings. The summed E-state index contributed by atoms with van der Waals surface area (Å²) < 4.78 is 18.9. The van der Waals surface area contributed by atoms with Crippen molar-refractivity contribution in [3.63, 3.8) is 0 Å². The molecule has 6 nitrogen and oxygen atoms in total. The lowest BCUT2D eigenvalue weighted by Gasteiger charge is -2.45. The number of rotatable bonds is 14. The van der Waals surface area contributed by atoms with E-state index in [9.17, 15) is 0 Å². The van der Waals surface area contributed by atoms with Crippen LogP contribution in [0.4, 0.5) is 0 Å². The van der Waals surface area contributed by atoms with Crippen molar-refractivity contribution in [1.29, 1.82) is 0 Å². The second kappa shape index (κ2) is 16.6. The minimum atomic E-state index is -0.346. The zero-order valence-electron chi connectivity index (χ0n) is 34.3. The molecule has 1 aliphatic carbocycles. The lowest BCUT2D eigenvalue weighted by atomic mass is 9.62. The fourth-order valence-electron chi connectivity index (χ4n) is 9.19. The molecule has 0 aromatic heterocycles. The Labute approximate surface area is 326 Å². The van der Waals surface area contributed by atoms with Crippen molar-refractivity contribution in [3.8, 4) is 11.5 Å². The number of unbranched alkanes of at least 4 members (excludes halogenated alkanes) is 3. The minimum absolute atomic E-state index is 0.169. The van der Waals surface area contributed by atoms with E-state index < -0.39 is 0 Å². The molecule has 6 heteroatoms. The number of ether oxygens (including phenoxy) is 3. The Morgan fingerprint density at radius 1 is 0.593 bits per heavy atom. The van der Waals surface area contributed by atoms with Crippen LogP contribution < -0.4 is 9.47 Å². The van der Waals surface area contributed by atoms with E-state index >= 15 is 0 Å². The van der Waals surface area contributed by atoms with E-state index in [1.54, 1.807) is 0 Å². The van der Waals surface area contributed by atoms with Crippen molar-refractivity contribution < 1.29 is 14.2 Å². The van der Waals surface area contributed by atoms with E-state index in [0.29, 0.717) is 32.0 Å². The van der Waals surface area contributed by atoms with Crippen LogP contribution in [0.15, 0.2) is 84.1 Å². The fraction of sp³-hybridized carbons (Fsp3) is 0.542. The Kier molecular flexibility index (Phi) is 11.9. The monoisotopic (exact) mass is 732 g/mol. The second-order valence-corrected chi connectivity index (χ2v) is 17.1. The average molecular weight is 732 g/mol. The standard InChI is InChI=1S/C48H65N3O3/c1-8-11-24-49-29-36-27-40(18-21-44(36)52-32-49)47(5,6)38-14-16-39(17-15-38)48(7,41-19-22-45-37(28-41)30-50(33-53-45)25-12-9-2)43-20-23-46-42(35(43)4)31-51(34-54-46)26-13-10-3/h14-23,27-28,35,42H,8-13,24-26,29-34H2,1-7H3. The van der Waals surface area contributed by atoms with Crippen molar-refractivity contribution in [2.75, 3.05) is 46.4 Å². The summed E-state index contributed by atoms with van der Waals surface area (Å²) in [6, 6.07) is 23.4. The number of fused-ring (bicyclic) bond motifs is 3. The molecule has 1 saturated heterocycles. The Morgan fingerprint density at radius 3 is 1.69 bits per heavy atom. The Hall–Kier alpha value is -3.58. The molecule has 0 radical (unpaired) electrons. The van der Waals surface area contributed by atoms with Gasteiger partial charge in [0.15, 0.2) is 0 Å². The molecule has 0 N–H and O–H groups in total. The molecule has 3 aromatic rings. The molecule has 3 unspecified atom stereocenters. The fourth-order valence-corrected chi connectivity index (χ4v) is 9.19. The smallest absolute Gasteiger partial charge is 0.142 e. The summed E-state index contributed by atoms with van der Waals surface area (Å²) in [7, 11) is 0. The van der Waals surface area contributed by atoms with Gasteiger partial charge in [0, 0.05) is 67.1 Å². The number of hydrogen-bond acceptors (Lipinski definition) is 6. The molecule has 3 heterocycles. The van der Waals surface area contributed by atoms with Crippen molar-refractivity contribution >= 4 is 0 Å². The number of nitrogens with zero attached hydrogens (tertiary/aromatic N) is 3. The average Bonchev–Trinajstić information content (AvgIpc) is 3.20. The summed E-state index contributed by atoms with van der Waals surface area (Å²) in [5.41, 5.74) is 8.81. The molecule has 3 atom stereocenters. The Bertz CT molecular complexity index is 1810. The third-order valence-corrected chi connectivity index (χ3v) is 13.0. The quantitative estimate of drug-likeness (QED) is 0.164. The highest BCUT2D eigenvalue weighted by Gasteiger charge is 2.43. The molecule has 0 bridgehead atoms. The highest BCUT2D eigenvalue weighted by atomic mass is 16.5. The van der Waals surface area contributed by atoms with Crippen molar-refractivity contribution in [2.24, 2.45) is 11.8 Å². The normalized spacial score (nSPS) is 21.7. The third-order valence-electron chi connectivity index (χ3n) is 13.0. The summed E-state index contributed by atoms with van der Waals surface area (Å²) in [5.74, 6) is 3.85. The van der Waals surface area contributed by atoms with E-state index in [1.807, 2.05) is 0 Å². The lowest BCUT2D eigenvalue weighted by Crippen LogP contribution is -2.44. The van der Waals surface area contributed by atoms with E-state index in [2.05, 4.69) is 136 Å². The van der Waals surface area contributed by atoms with E-state index in [4.69, 9.17) is 14.2 Å². The maximum absolute atomic E-state index is 6.42. The molecule has 1 fully saturated rings. The van der Waals surface area contributed by atoms with Crippen LogP contribution >= 0.6 is 0 Å². The van der Waals surface area contributed by atoms with Crippen molar-refractivity contribution in [1.82, 2.24) is 14.7 Å². The van der Waals surface area contributed by atoms with Crippen LogP contribution in [0.2, 0.25) is 0 Å². The predicted molar refractivity (Wildman–Crippen MR) is 221 cm³/mol. The van der Waals surface area contributed by atoms with E-state index in [0.717, 1.165) is 56.5 Å². The first-order valence-electron chi connectivity index (χ1n) is 21.0. The number of benzene rings is 3. The molecule has 290 valence electrons. The largest absolute Gasteiger partial charge is 0.482 e. The van der Waals surface area contributed by atoms with Crippen LogP contribution in [0.3, 0.4) is 0 Å². The van der Waals surface area contributed by atoms with Gasteiger partial charge in [-0.2, -0.15) is 0 Å². The maximum atomic E-state index is 6.42. The topological polar surface area (TPSA) is 37.4 Å². The molecule has 3 aliphatic heterocycles. The molecular weight excluding hydrogens is 667 g/mol. The van der Waals surface area contributed by atoms with Crippen LogP contribution in [0.5, 0.6) is 11.5 Å². The van der Waals surface area contributed by atoms with Gasteiger partial charge in [-0.25, -0.2) is 0 Å². The highest BCUT2D eigenvalue weighted by molar-refractivity contribution is 5.55. The first kappa shape index (κ1) is 38.7. The molecule has 0 amide bonds. The van der Waals surface area contributed by atoms with Gasteiger partial charge in [0.2, 0.25) is 0 Å². The number of allylic oxidation sites excluding steroid dienone is 3. The summed E-state index contributed by atoms with van der Waals surface area (Å²) in [5, 5.41) is 0. The van der Waals surface area contributed by atoms with Gasteiger partial charge in [-0.3, -0.25) is 14.7 Å². The molecule has 0 saturated carbocycles. The van der Waals surface area contributed by atoms with Crippen LogP contribution in [-0.4, -0.2) is 61.1 Å². The second-order valence-electron chi connectivity index (χ2n) is 17.1. The van der Waals surface area contributed by atoms with Gasteiger partial charge in [0.1, 0.15) is 37.5 Å². The lowest BCUT2D eigenvalue weighted by molar-refractivity contribution is -0.00830. The third kappa shape index (κ3) is 7.76. The van der Waals surface area contributed by atoms with Gasteiger partial charge in [0.05, 0.1) is 0 Å². The summed E-state index contributed by atoms with van der Waals surface area (Å²) in [4.78, 5) is 7.38. The zero-order valence-corrected chi connectivity index (χ0v) is 34.3. The molecular formula is C48H65N3O3. The van der Waals surface area contributed by atoms with Crippen LogP contribution in [0, 0.1) is 11.8 Å². The van der Waals surface area contributed by atoms with E-state index in [1.165, 1.54) is 77.5 Å². The van der Waals surface area contributed by atoms with Crippen molar-refractivity contribution in [3.05, 3.63) is 118 Å². The zero-order chi connectivity index (χ0) is 37.9. The summed E-state index contributed by atoms with van der Waals surface area (Å²) in [6.45, 7) is 24.6. The van der Waals surface area contributed by atoms with Gasteiger partial charge in [-0.1, -0.05) is 109 Å². The predicted octanol–water partition coefficient (Wildman–Crippen LogP) is 10.4. The van der Waals surface area contributed by atoms with E-state index in [-0.39, 0.29) is 10.8 Å². The van der Waals surface area contributed by atoms with Crippen LogP contribution in [0.1, 0.15) is 120 Å². The van der Waals surface area contributed by atoms with Crippen LogP contribution in [-0.2, 0) is 28.7 Å². The molecule has 3 aromatic carbocycles. The minimum Gasteiger partial charge on any atom is -0.482 e. The molecule has 54 heavy (non-hydrogen) atoms. The summed E-state index contributed by atoms with van der Waals surface area (Å²) >= 11 is 0.